The van der Waals surface area contributed by atoms with Gasteiger partial charge < -0.3 is 5.73 Å². The number of nitrogens with zero attached hydrogens (tertiary/aromatic N) is 1. The monoisotopic (exact) mass is 315 g/mol. The lowest BCUT2D eigenvalue weighted by Gasteiger charge is -2.33. The van der Waals surface area contributed by atoms with Gasteiger partial charge in [-0.05, 0) is 43.4 Å². The number of nitrogens with two attached hydrogens (primary N) is 1. The summed E-state index contributed by atoms with van der Waals surface area (Å²) < 4.78 is 29.0. The van der Waals surface area contributed by atoms with Crippen molar-refractivity contribution < 1.29 is 8.42 Å². The van der Waals surface area contributed by atoms with Crippen molar-refractivity contribution in [2.75, 3.05) is 24.1 Å². The van der Waals surface area contributed by atoms with E-state index in [-0.39, 0.29) is 6.04 Å². The number of anilines is 1. The molecule has 1 atom stereocenters. The first kappa shape index (κ1) is 15.6. The molecule has 0 spiro atoms. The summed E-state index contributed by atoms with van der Waals surface area (Å²) >= 11 is 1.62. The van der Waals surface area contributed by atoms with Gasteiger partial charge in [-0.3, -0.25) is 4.72 Å². The Morgan fingerprint density at radius 1 is 1.35 bits per heavy atom. The van der Waals surface area contributed by atoms with Gasteiger partial charge in [0.25, 0.3) is 0 Å². The lowest BCUT2D eigenvalue weighted by atomic mass is 10.1. The lowest BCUT2D eigenvalue weighted by Crippen LogP contribution is -2.49. The molecule has 20 heavy (non-hydrogen) atoms. The number of nitrogens with one attached hydrogen (secondary N) is 1. The van der Waals surface area contributed by atoms with E-state index in [1.807, 2.05) is 18.4 Å². The molecule has 1 aliphatic heterocycles. The van der Waals surface area contributed by atoms with E-state index >= 15 is 0 Å². The number of benzene rings is 1. The maximum absolute atomic E-state index is 12.4. The van der Waals surface area contributed by atoms with E-state index in [0.29, 0.717) is 18.8 Å². The molecule has 0 amide bonds. The van der Waals surface area contributed by atoms with Crippen LogP contribution in [-0.2, 0) is 10.2 Å². The summed E-state index contributed by atoms with van der Waals surface area (Å²) in [6.45, 7) is 0.909. The number of hydrogen-bond donors (Lipinski definition) is 2. The first-order valence-corrected chi connectivity index (χ1v) is 9.37. The van der Waals surface area contributed by atoms with Crippen molar-refractivity contribution in [1.29, 1.82) is 0 Å². The molecule has 0 radical (unpaired) electrons. The van der Waals surface area contributed by atoms with E-state index in [1.54, 1.807) is 23.9 Å². The van der Waals surface area contributed by atoms with Gasteiger partial charge in [-0.15, -0.1) is 11.8 Å². The van der Waals surface area contributed by atoms with Crippen LogP contribution >= 0.6 is 11.8 Å². The van der Waals surface area contributed by atoms with Gasteiger partial charge in [-0.2, -0.15) is 12.7 Å². The fraction of sp³-hybridized carbons (Fsp3) is 0.538. The zero-order chi connectivity index (χ0) is 14.6. The average molecular weight is 315 g/mol. The molecule has 2 rings (SSSR count). The third-order valence-corrected chi connectivity index (χ3v) is 5.83. The van der Waals surface area contributed by atoms with Crippen molar-refractivity contribution in [2.24, 2.45) is 5.73 Å². The van der Waals surface area contributed by atoms with Gasteiger partial charge in [-0.25, -0.2) is 0 Å². The fourth-order valence-electron chi connectivity index (χ4n) is 2.39. The zero-order valence-corrected chi connectivity index (χ0v) is 13.2. The molecule has 7 heteroatoms. The third kappa shape index (κ3) is 3.66. The zero-order valence-electron chi connectivity index (χ0n) is 11.6. The molecule has 1 aliphatic rings. The fourth-order valence-corrected chi connectivity index (χ4v) is 4.31. The molecule has 1 aromatic rings. The SMILES string of the molecule is CSc1ccc(NS(=O)(=O)N2CCCCC2CN)cc1. The highest BCUT2D eigenvalue weighted by Gasteiger charge is 2.31. The van der Waals surface area contributed by atoms with Crippen LogP contribution in [0.5, 0.6) is 0 Å². The minimum atomic E-state index is -3.52. The Morgan fingerprint density at radius 3 is 2.65 bits per heavy atom. The van der Waals surface area contributed by atoms with Gasteiger partial charge in [0.1, 0.15) is 0 Å². The molecule has 1 aromatic carbocycles. The highest BCUT2D eigenvalue weighted by Crippen LogP contribution is 2.23. The molecule has 0 aliphatic carbocycles. The Hall–Kier alpha value is -0.760. The first-order valence-electron chi connectivity index (χ1n) is 6.70. The molecule has 0 bridgehead atoms. The van der Waals surface area contributed by atoms with Crippen LogP contribution in [0.4, 0.5) is 5.69 Å². The normalized spacial score (nSPS) is 20.8. The molecule has 112 valence electrons. The number of rotatable bonds is 5. The topological polar surface area (TPSA) is 75.4 Å². The van der Waals surface area contributed by atoms with Crippen LogP contribution in [-0.4, -0.2) is 38.1 Å². The van der Waals surface area contributed by atoms with Crippen molar-refractivity contribution in [3.05, 3.63) is 24.3 Å². The molecular weight excluding hydrogens is 294 g/mol. The summed E-state index contributed by atoms with van der Waals surface area (Å²) in [5, 5.41) is 0. The number of thioether (sulfide) groups is 1. The molecule has 1 unspecified atom stereocenters. The van der Waals surface area contributed by atoms with Crippen molar-refractivity contribution in [1.82, 2.24) is 4.31 Å². The van der Waals surface area contributed by atoms with Crippen LogP contribution < -0.4 is 10.5 Å². The van der Waals surface area contributed by atoms with Crippen molar-refractivity contribution in [2.45, 2.75) is 30.2 Å². The second-order valence-corrected chi connectivity index (χ2v) is 7.33. The third-order valence-electron chi connectivity index (χ3n) is 3.49. The molecule has 0 saturated carbocycles. The maximum atomic E-state index is 12.4. The molecule has 1 fully saturated rings. The maximum Gasteiger partial charge on any atom is 0.301 e. The average Bonchev–Trinajstić information content (AvgIpc) is 2.47. The van der Waals surface area contributed by atoms with Gasteiger partial charge in [0, 0.05) is 29.7 Å². The summed E-state index contributed by atoms with van der Waals surface area (Å²) in [4.78, 5) is 1.10. The van der Waals surface area contributed by atoms with E-state index in [4.69, 9.17) is 5.73 Å². The van der Waals surface area contributed by atoms with E-state index in [2.05, 4.69) is 4.72 Å². The second-order valence-electron chi connectivity index (χ2n) is 4.83. The van der Waals surface area contributed by atoms with Crippen LogP contribution in [0, 0.1) is 0 Å². The van der Waals surface area contributed by atoms with Gasteiger partial charge >= 0.3 is 10.2 Å². The minimum Gasteiger partial charge on any atom is -0.329 e. The van der Waals surface area contributed by atoms with Crippen LogP contribution in [0.1, 0.15) is 19.3 Å². The Balaban J connectivity index is 2.12. The first-order chi connectivity index (χ1) is 9.56. The van der Waals surface area contributed by atoms with Gasteiger partial charge in [0.05, 0.1) is 0 Å². The van der Waals surface area contributed by atoms with Gasteiger partial charge in [0.2, 0.25) is 0 Å². The van der Waals surface area contributed by atoms with E-state index in [9.17, 15) is 8.42 Å². The molecule has 3 N–H and O–H groups in total. The van der Waals surface area contributed by atoms with E-state index in [1.165, 1.54) is 4.31 Å². The molecular formula is C13H21N3O2S2. The predicted octanol–water partition coefficient (Wildman–Crippen LogP) is 1.88. The van der Waals surface area contributed by atoms with Crippen LogP contribution in [0.2, 0.25) is 0 Å². The molecule has 5 nitrogen and oxygen atoms in total. The van der Waals surface area contributed by atoms with Crippen LogP contribution in [0.3, 0.4) is 0 Å². The summed E-state index contributed by atoms with van der Waals surface area (Å²) in [7, 11) is -3.52. The minimum absolute atomic E-state index is 0.0910. The van der Waals surface area contributed by atoms with Crippen LogP contribution in [0.15, 0.2) is 29.2 Å². The van der Waals surface area contributed by atoms with Gasteiger partial charge in [-0.1, -0.05) is 6.42 Å². The Labute approximate surface area is 125 Å². The molecule has 1 heterocycles. The van der Waals surface area contributed by atoms with Crippen LogP contribution in [0.25, 0.3) is 0 Å². The van der Waals surface area contributed by atoms with E-state index in [0.717, 1.165) is 24.2 Å². The highest BCUT2D eigenvalue weighted by atomic mass is 32.2. The van der Waals surface area contributed by atoms with Crippen molar-refractivity contribution in [3.63, 3.8) is 0 Å². The number of hydrogen-bond acceptors (Lipinski definition) is 4. The van der Waals surface area contributed by atoms with Crippen molar-refractivity contribution in [3.8, 4) is 0 Å². The largest absolute Gasteiger partial charge is 0.329 e. The Morgan fingerprint density at radius 2 is 2.05 bits per heavy atom. The summed E-state index contributed by atoms with van der Waals surface area (Å²) in [5.41, 5.74) is 6.27. The molecule has 0 aromatic heterocycles. The standard InChI is InChI=1S/C13H21N3O2S2/c1-19-13-7-5-11(6-8-13)15-20(17,18)16-9-3-2-4-12(16)10-14/h5-8,12,15H,2-4,9-10,14H2,1H3. The second kappa shape index (κ2) is 6.80. The highest BCUT2D eigenvalue weighted by molar-refractivity contribution is 7.98. The molecule has 1 saturated heterocycles. The van der Waals surface area contributed by atoms with Crippen molar-refractivity contribution >= 4 is 27.7 Å². The Kier molecular flexibility index (Phi) is 5.31. The smallest absolute Gasteiger partial charge is 0.301 e. The van der Waals surface area contributed by atoms with E-state index < -0.39 is 10.2 Å². The predicted molar refractivity (Wildman–Crippen MR) is 84.2 cm³/mol. The summed E-state index contributed by atoms with van der Waals surface area (Å²) in [5.74, 6) is 0. The Bertz CT molecular complexity index is 531. The van der Waals surface area contributed by atoms with Gasteiger partial charge in [0.15, 0.2) is 0 Å². The summed E-state index contributed by atoms with van der Waals surface area (Å²) in [6.07, 6.45) is 4.75. The quantitative estimate of drug-likeness (QED) is 0.814. The lowest BCUT2D eigenvalue weighted by molar-refractivity contribution is 0.259. The number of piperidine rings is 1. The summed E-state index contributed by atoms with van der Waals surface area (Å²) in [6, 6.07) is 7.28.